The minimum atomic E-state index is -3.54. The number of hydrogen-bond acceptors (Lipinski definition) is 6. The van der Waals surface area contributed by atoms with Gasteiger partial charge in [0.1, 0.15) is 4.90 Å². The largest absolute Gasteiger partial charge is 0.302 e. The van der Waals surface area contributed by atoms with Crippen molar-refractivity contribution in [3.8, 4) is 0 Å². The molecule has 0 radical (unpaired) electrons. The molecule has 1 amide bonds. The zero-order valence-electron chi connectivity index (χ0n) is 13.2. The normalized spacial score (nSPS) is 16.9. The highest BCUT2D eigenvalue weighted by Crippen LogP contribution is 2.25. The van der Waals surface area contributed by atoms with E-state index in [1.807, 2.05) is 12.3 Å². The summed E-state index contributed by atoms with van der Waals surface area (Å²) >= 11 is 1.39. The van der Waals surface area contributed by atoms with Crippen LogP contribution in [0, 0.1) is 12.8 Å². The van der Waals surface area contributed by atoms with E-state index in [0.29, 0.717) is 31.1 Å². The fourth-order valence-electron chi connectivity index (χ4n) is 2.63. The van der Waals surface area contributed by atoms with Crippen molar-refractivity contribution in [2.45, 2.75) is 24.7 Å². The number of carbonyl (C=O) groups is 1. The molecule has 1 aliphatic rings. The second-order valence-electron chi connectivity index (χ2n) is 5.65. The summed E-state index contributed by atoms with van der Waals surface area (Å²) in [4.78, 5) is 20.5. The number of amides is 1. The van der Waals surface area contributed by atoms with Gasteiger partial charge in [0.25, 0.3) is 0 Å². The standard InChI is InChI=1S/C15H18N4O3S2/c1-11-10-23-15(17-11)18-14(20)12-4-7-19(8-5-12)24(21,22)13-3-2-6-16-9-13/h2-3,6,9-10,12H,4-5,7-8H2,1H3,(H,17,18,20). The van der Waals surface area contributed by atoms with Crippen LogP contribution in [0.4, 0.5) is 5.13 Å². The molecule has 0 aromatic carbocycles. The molecule has 2 aromatic rings. The van der Waals surface area contributed by atoms with E-state index in [-0.39, 0.29) is 16.7 Å². The number of hydrogen-bond donors (Lipinski definition) is 1. The first-order valence-electron chi connectivity index (χ1n) is 7.60. The fourth-order valence-corrected chi connectivity index (χ4v) is 4.75. The number of aromatic nitrogens is 2. The number of sulfonamides is 1. The number of aryl methyl sites for hydroxylation is 1. The monoisotopic (exact) mass is 366 g/mol. The van der Waals surface area contributed by atoms with Crippen molar-refractivity contribution in [2.24, 2.45) is 5.92 Å². The molecule has 2 aromatic heterocycles. The van der Waals surface area contributed by atoms with Crippen molar-refractivity contribution in [1.82, 2.24) is 14.3 Å². The second kappa shape index (κ2) is 6.96. The lowest BCUT2D eigenvalue weighted by atomic mass is 9.97. The minimum absolute atomic E-state index is 0.0947. The number of nitrogens with zero attached hydrogens (tertiary/aromatic N) is 3. The van der Waals surface area contributed by atoms with E-state index in [1.54, 1.807) is 6.07 Å². The Bertz CT molecular complexity index is 812. The molecule has 0 aliphatic carbocycles. The number of pyridine rings is 1. The smallest absolute Gasteiger partial charge is 0.244 e. The number of carbonyl (C=O) groups excluding carboxylic acids is 1. The maximum absolute atomic E-state index is 12.5. The Labute approximate surface area is 144 Å². The lowest BCUT2D eigenvalue weighted by molar-refractivity contribution is -0.120. The Morgan fingerprint density at radius 1 is 1.38 bits per heavy atom. The molecule has 1 aliphatic heterocycles. The molecule has 0 atom stereocenters. The Hall–Kier alpha value is -1.84. The molecule has 0 bridgehead atoms. The number of piperidine rings is 1. The number of thiazole rings is 1. The summed E-state index contributed by atoms with van der Waals surface area (Å²) in [5.74, 6) is -0.294. The maximum Gasteiger partial charge on any atom is 0.244 e. The Kier molecular flexibility index (Phi) is 4.93. The number of nitrogens with one attached hydrogen (secondary N) is 1. The van der Waals surface area contributed by atoms with E-state index in [0.717, 1.165) is 5.69 Å². The zero-order valence-corrected chi connectivity index (χ0v) is 14.8. The molecule has 3 rings (SSSR count). The van der Waals surface area contributed by atoms with Gasteiger partial charge in [0.05, 0.1) is 5.69 Å². The molecule has 128 valence electrons. The molecule has 0 saturated carbocycles. The first-order chi connectivity index (χ1) is 11.5. The lowest BCUT2D eigenvalue weighted by Crippen LogP contribution is -2.41. The van der Waals surface area contributed by atoms with Gasteiger partial charge in [0, 0.05) is 36.8 Å². The predicted molar refractivity (Wildman–Crippen MR) is 91.2 cm³/mol. The minimum Gasteiger partial charge on any atom is -0.302 e. The van der Waals surface area contributed by atoms with Gasteiger partial charge in [0.2, 0.25) is 15.9 Å². The van der Waals surface area contributed by atoms with Crippen LogP contribution in [0.1, 0.15) is 18.5 Å². The van der Waals surface area contributed by atoms with Crippen LogP contribution >= 0.6 is 11.3 Å². The van der Waals surface area contributed by atoms with Gasteiger partial charge in [-0.05, 0) is 31.9 Å². The summed E-state index contributed by atoms with van der Waals surface area (Å²) in [6.07, 6.45) is 3.88. The van der Waals surface area contributed by atoms with Crippen LogP contribution < -0.4 is 5.32 Å². The maximum atomic E-state index is 12.5. The summed E-state index contributed by atoms with van der Waals surface area (Å²) in [6, 6.07) is 3.13. The quantitative estimate of drug-likeness (QED) is 0.892. The first-order valence-corrected chi connectivity index (χ1v) is 9.92. The van der Waals surface area contributed by atoms with E-state index in [9.17, 15) is 13.2 Å². The Morgan fingerprint density at radius 2 is 2.12 bits per heavy atom. The molecular weight excluding hydrogens is 348 g/mol. The molecule has 9 heteroatoms. The third-order valence-electron chi connectivity index (χ3n) is 3.95. The number of rotatable bonds is 4. The molecule has 1 N–H and O–H groups in total. The fraction of sp³-hybridized carbons (Fsp3) is 0.400. The third kappa shape index (κ3) is 3.63. The van der Waals surface area contributed by atoms with Crippen molar-refractivity contribution in [2.75, 3.05) is 18.4 Å². The molecule has 1 fully saturated rings. The van der Waals surface area contributed by atoms with Crippen molar-refractivity contribution >= 4 is 32.4 Å². The van der Waals surface area contributed by atoms with Crippen LogP contribution in [0.15, 0.2) is 34.8 Å². The second-order valence-corrected chi connectivity index (χ2v) is 8.45. The topological polar surface area (TPSA) is 92.3 Å². The highest BCUT2D eigenvalue weighted by molar-refractivity contribution is 7.89. The van der Waals surface area contributed by atoms with Crippen LogP contribution in [-0.2, 0) is 14.8 Å². The van der Waals surface area contributed by atoms with Gasteiger partial charge in [-0.1, -0.05) is 0 Å². The highest BCUT2D eigenvalue weighted by Gasteiger charge is 2.32. The SMILES string of the molecule is Cc1csc(NC(=O)C2CCN(S(=O)(=O)c3cccnc3)CC2)n1. The van der Waals surface area contributed by atoms with Crippen LogP contribution in [0.2, 0.25) is 0 Å². The average molecular weight is 366 g/mol. The van der Waals surface area contributed by atoms with Crippen molar-refractivity contribution in [3.05, 3.63) is 35.6 Å². The zero-order chi connectivity index (χ0) is 17.2. The predicted octanol–water partition coefficient (Wildman–Crippen LogP) is 1.89. The van der Waals surface area contributed by atoms with E-state index in [1.165, 1.54) is 34.1 Å². The van der Waals surface area contributed by atoms with E-state index in [2.05, 4.69) is 15.3 Å². The molecule has 7 nitrogen and oxygen atoms in total. The van der Waals surface area contributed by atoms with Crippen molar-refractivity contribution in [3.63, 3.8) is 0 Å². The summed E-state index contributed by atoms with van der Waals surface area (Å²) in [7, 11) is -3.54. The van der Waals surface area contributed by atoms with E-state index < -0.39 is 10.0 Å². The van der Waals surface area contributed by atoms with E-state index >= 15 is 0 Å². The third-order valence-corrected chi connectivity index (χ3v) is 6.70. The van der Waals surface area contributed by atoms with Gasteiger partial charge in [-0.25, -0.2) is 13.4 Å². The van der Waals surface area contributed by atoms with Crippen LogP contribution in [0.3, 0.4) is 0 Å². The van der Waals surface area contributed by atoms with Crippen LogP contribution in [0.25, 0.3) is 0 Å². The molecule has 3 heterocycles. The van der Waals surface area contributed by atoms with Gasteiger partial charge in [-0.2, -0.15) is 4.31 Å². The van der Waals surface area contributed by atoms with Gasteiger partial charge in [0.15, 0.2) is 5.13 Å². The Balaban J connectivity index is 1.60. The van der Waals surface area contributed by atoms with Gasteiger partial charge < -0.3 is 5.32 Å². The molecule has 0 spiro atoms. The average Bonchev–Trinajstić information content (AvgIpc) is 3.00. The summed E-state index contributed by atoms with van der Waals surface area (Å²) in [5.41, 5.74) is 0.868. The first kappa shape index (κ1) is 17.0. The summed E-state index contributed by atoms with van der Waals surface area (Å²) in [6.45, 7) is 2.52. The Morgan fingerprint density at radius 3 is 2.71 bits per heavy atom. The number of anilines is 1. The van der Waals surface area contributed by atoms with Crippen molar-refractivity contribution < 1.29 is 13.2 Å². The lowest BCUT2D eigenvalue weighted by Gasteiger charge is -2.30. The molecule has 24 heavy (non-hydrogen) atoms. The van der Waals surface area contributed by atoms with Gasteiger partial charge in [-0.3, -0.25) is 9.78 Å². The molecule has 0 unspecified atom stereocenters. The van der Waals surface area contributed by atoms with Crippen LogP contribution in [0.5, 0.6) is 0 Å². The summed E-state index contributed by atoms with van der Waals surface area (Å²) in [5, 5.41) is 5.27. The van der Waals surface area contributed by atoms with Gasteiger partial charge >= 0.3 is 0 Å². The van der Waals surface area contributed by atoms with Crippen molar-refractivity contribution in [1.29, 1.82) is 0 Å². The molecule has 1 saturated heterocycles. The van der Waals surface area contributed by atoms with Crippen LogP contribution in [-0.4, -0.2) is 41.7 Å². The highest BCUT2D eigenvalue weighted by atomic mass is 32.2. The summed E-state index contributed by atoms with van der Waals surface area (Å²) < 4.78 is 26.5. The molecular formula is C15H18N4O3S2. The van der Waals surface area contributed by atoms with Gasteiger partial charge in [-0.15, -0.1) is 11.3 Å². The van der Waals surface area contributed by atoms with E-state index in [4.69, 9.17) is 0 Å².